The zero-order chi connectivity index (χ0) is 76.0. The van der Waals surface area contributed by atoms with E-state index in [1.165, 1.54) is 0 Å². The van der Waals surface area contributed by atoms with Gasteiger partial charge in [-0.1, -0.05) is 281 Å². The van der Waals surface area contributed by atoms with Crippen molar-refractivity contribution in [3.8, 4) is 61.3 Å². The van der Waals surface area contributed by atoms with Gasteiger partial charge < -0.3 is 23.2 Å². The number of furan rings is 2. The molecule has 14 aromatic carbocycles. The molecule has 2 aliphatic heterocycles. The smallest absolute Gasteiger partial charge is 0.252 e. The van der Waals surface area contributed by atoms with Gasteiger partial charge in [-0.15, -0.1) is 0 Å². The molecule has 0 N–H and O–H groups in total. The molecule has 0 amide bonds. The topological polar surface area (TPSA) is 37.7 Å². The molecule has 2 aliphatic rings. The van der Waals surface area contributed by atoms with E-state index >= 15 is 0 Å². The highest BCUT2D eigenvalue weighted by Crippen LogP contribution is 2.57. The number of benzene rings is 14. The predicted octanol–water partition coefficient (Wildman–Crippen LogP) is 24.9. The van der Waals surface area contributed by atoms with Crippen LogP contribution in [0.15, 0.2) is 306 Å². The molecule has 102 heavy (non-hydrogen) atoms. The van der Waals surface area contributed by atoms with Gasteiger partial charge in [0.1, 0.15) is 22.3 Å². The first kappa shape index (κ1) is 53.1. The van der Waals surface area contributed by atoms with Crippen LogP contribution in [0.2, 0.25) is 0 Å². The maximum Gasteiger partial charge on any atom is 0.252 e. The molecule has 0 spiro atoms. The van der Waals surface area contributed by atoms with Crippen LogP contribution in [0.5, 0.6) is 0 Å². The molecule has 490 valence electrons. The van der Waals surface area contributed by atoms with Gasteiger partial charge in [-0.25, -0.2) is 0 Å². The number of hydrogen-bond donors (Lipinski definition) is 0. The highest BCUT2D eigenvalue weighted by molar-refractivity contribution is 7.00. The van der Waals surface area contributed by atoms with Gasteiger partial charge >= 0.3 is 0 Å². The minimum Gasteiger partial charge on any atom is -0.455 e. The SMILES string of the molecule is [2H]c1c([2H])c([2H])c2c(c1[2H])c1c([2H])c([2H])c([2H])c([2H])c1n2-c1ccc2c(c1)N(c1c(-c3ccccc3)cc(C(C)(C)C)cc1-c1cccc3c1oc1ccccc13)c1cc(C(C)(C)C)cc3c1B2c1cc(-c2ccccc2)ccc1N3c1c(-c2ccccc2)cc(C(C)(C)C)cc1-c1cccc2c1oc1ccccc12. The predicted molar refractivity (Wildman–Crippen MR) is 433 cm³/mol. The first-order valence-electron chi connectivity index (χ1n) is 39.3. The largest absolute Gasteiger partial charge is 0.455 e. The lowest BCUT2D eigenvalue weighted by Gasteiger charge is -2.47. The summed E-state index contributed by atoms with van der Waals surface area (Å²) in [4.78, 5) is 5.02. The second-order valence-electron chi connectivity index (χ2n) is 30.6. The number of fused-ring (bicyclic) bond motifs is 13. The van der Waals surface area contributed by atoms with Crippen LogP contribution >= 0.6 is 0 Å². The molecule has 0 unspecified atom stereocenters. The van der Waals surface area contributed by atoms with Gasteiger partial charge in [-0.05, 0) is 150 Å². The van der Waals surface area contributed by atoms with Crippen LogP contribution in [0.1, 0.15) is 90.0 Å². The van der Waals surface area contributed by atoms with E-state index in [0.29, 0.717) is 5.69 Å². The third-order valence-electron chi connectivity index (χ3n) is 21.3. The average molecular weight is 1320 g/mol. The molecule has 0 radical (unpaired) electrons. The molecular weight excluding hydrogens is 1240 g/mol. The second kappa shape index (κ2) is 22.8. The molecule has 5 nitrogen and oxygen atoms in total. The number of rotatable bonds is 8. The van der Waals surface area contributed by atoms with E-state index in [-0.39, 0.29) is 39.3 Å². The summed E-state index contributed by atoms with van der Waals surface area (Å²) in [5, 5.41) is 3.99. The summed E-state index contributed by atoms with van der Waals surface area (Å²) in [7, 11) is 0. The number of anilines is 6. The molecular formula is C96H76BN3O2. The van der Waals surface area contributed by atoms with Crippen LogP contribution in [-0.4, -0.2) is 11.3 Å². The molecule has 19 rings (SSSR count). The Balaban J connectivity index is 1.03. The number of para-hydroxylation sites is 6. The van der Waals surface area contributed by atoms with Crippen molar-refractivity contribution in [2.24, 2.45) is 0 Å². The third-order valence-corrected chi connectivity index (χ3v) is 21.3. The molecule has 6 heteroatoms. The quantitative estimate of drug-likeness (QED) is 0.142. The van der Waals surface area contributed by atoms with Crippen molar-refractivity contribution in [1.29, 1.82) is 0 Å². The van der Waals surface area contributed by atoms with E-state index in [1.807, 2.05) is 30.3 Å². The Morgan fingerprint density at radius 1 is 0.314 bits per heavy atom. The van der Waals surface area contributed by atoms with E-state index in [1.54, 1.807) is 4.57 Å². The maximum atomic E-state index is 9.91. The van der Waals surface area contributed by atoms with E-state index in [0.717, 1.165) is 167 Å². The molecule has 0 aliphatic carbocycles. The van der Waals surface area contributed by atoms with Crippen LogP contribution in [-0.2, 0) is 16.2 Å². The van der Waals surface area contributed by atoms with Crippen molar-refractivity contribution in [3.63, 3.8) is 0 Å². The molecule has 3 aromatic heterocycles. The fourth-order valence-corrected chi connectivity index (χ4v) is 16.2. The van der Waals surface area contributed by atoms with Crippen molar-refractivity contribution in [3.05, 3.63) is 314 Å². The summed E-state index contributed by atoms with van der Waals surface area (Å²) in [6, 6.07) is 85.4. The number of nitrogens with zero attached hydrogens (tertiary/aromatic N) is 3. The van der Waals surface area contributed by atoms with Crippen LogP contribution in [0.25, 0.3) is 127 Å². The number of aromatic nitrogens is 1. The minimum atomic E-state index is -0.537. The van der Waals surface area contributed by atoms with Crippen LogP contribution in [0.4, 0.5) is 34.1 Å². The lowest BCUT2D eigenvalue weighted by Crippen LogP contribution is -2.61. The summed E-state index contributed by atoms with van der Waals surface area (Å²) in [6.45, 7) is 19.9. The third kappa shape index (κ3) is 9.59. The van der Waals surface area contributed by atoms with Gasteiger partial charge in [-0.3, -0.25) is 0 Å². The first-order valence-corrected chi connectivity index (χ1v) is 35.3. The van der Waals surface area contributed by atoms with E-state index in [4.69, 9.17) is 11.6 Å². The average Bonchev–Trinajstić information content (AvgIpc) is 0.892. The van der Waals surface area contributed by atoms with Gasteiger partial charge in [0.2, 0.25) is 0 Å². The first-order chi connectivity index (χ1) is 52.8. The van der Waals surface area contributed by atoms with Gasteiger partial charge in [0.25, 0.3) is 6.71 Å². The zero-order valence-corrected chi connectivity index (χ0v) is 58.4. The van der Waals surface area contributed by atoms with E-state index in [2.05, 4.69) is 291 Å². The molecule has 0 bridgehead atoms. The highest BCUT2D eigenvalue weighted by atomic mass is 16.3. The standard InChI is InChI=1S/C96H76BN3O2/c1-94(2,3)63-52-75(60-31-15-11-16-32-60)90(77(54-63)73-41-27-39-71-69-37-21-25-45-87(69)101-92(71)73)99-83-50-47-62(59-29-13-10-14-30-59)51-80(83)97-79-49-48-66(98-81-43-23-19-35-67(81)68-36-20-24-44-82(68)98)58-84(79)100(86-57-65(96(7,8)9)56-85(99)89(86)97)91-76(61-33-17-12-18-34-61)53-64(95(4,5)6)55-78(91)74-42-28-40-72-70-38-22-26-46-88(70)102-93(72)74/h10-58H,1-9H3/i19D,20D,23D,24D,35D,36D,43D,44D. The van der Waals surface area contributed by atoms with Crippen molar-refractivity contribution in [2.75, 3.05) is 9.80 Å². The fourth-order valence-electron chi connectivity index (χ4n) is 16.2. The van der Waals surface area contributed by atoms with Crippen LogP contribution in [0.3, 0.4) is 0 Å². The lowest BCUT2D eigenvalue weighted by atomic mass is 9.33. The van der Waals surface area contributed by atoms with Crippen molar-refractivity contribution in [2.45, 2.75) is 78.6 Å². The van der Waals surface area contributed by atoms with E-state index in [9.17, 15) is 8.22 Å². The van der Waals surface area contributed by atoms with Gasteiger partial charge in [0, 0.05) is 94.1 Å². The van der Waals surface area contributed by atoms with Crippen molar-refractivity contribution in [1.82, 2.24) is 4.57 Å². The van der Waals surface area contributed by atoms with Gasteiger partial charge in [0.05, 0.1) is 33.4 Å². The molecule has 0 atom stereocenters. The van der Waals surface area contributed by atoms with Crippen LogP contribution < -0.4 is 26.2 Å². The molecule has 0 fully saturated rings. The summed E-state index contributed by atoms with van der Waals surface area (Å²) in [5.41, 5.74) is 23.5. The summed E-state index contributed by atoms with van der Waals surface area (Å²) < 4.78 is 92.0. The summed E-state index contributed by atoms with van der Waals surface area (Å²) in [5.74, 6) is 0. The Morgan fingerprint density at radius 2 is 0.745 bits per heavy atom. The normalized spacial score (nSPS) is 14.2. The second-order valence-corrected chi connectivity index (χ2v) is 30.6. The molecule has 17 aromatic rings. The van der Waals surface area contributed by atoms with Gasteiger partial charge in [0.15, 0.2) is 0 Å². The summed E-state index contributed by atoms with van der Waals surface area (Å²) in [6.07, 6.45) is 0. The Kier molecular flexibility index (Phi) is 11.9. The summed E-state index contributed by atoms with van der Waals surface area (Å²) >= 11 is 0. The Labute approximate surface area is 607 Å². The molecule has 5 heterocycles. The Morgan fingerprint density at radius 3 is 1.25 bits per heavy atom. The maximum absolute atomic E-state index is 9.91. The monoisotopic (exact) mass is 1320 g/mol. The minimum absolute atomic E-state index is 0.00111. The lowest BCUT2D eigenvalue weighted by molar-refractivity contribution is 0.590. The van der Waals surface area contributed by atoms with Crippen molar-refractivity contribution < 1.29 is 19.8 Å². The van der Waals surface area contributed by atoms with Crippen LogP contribution in [0, 0.1) is 0 Å². The van der Waals surface area contributed by atoms with E-state index < -0.39 is 53.8 Å². The van der Waals surface area contributed by atoms with Crippen molar-refractivity contribution >= 4 is 123 Å². The zero-order valence-electron chi connectivity index (χ0n) is 66.4. The van der Waals surface area contributed by atoms with Gasteiger partial charge in [-0.2, -0.15) is 0 Å². The molecule has 0 saturated heterocycles. The number of hydrogen-bond acceptors (Lipinski definition) is 4. The fraction of sp³-hybridized carbons (Fsp3) is 0.125. The Bertz CT molecular complexity index is 6700. The highest BCUT2D eigenvalue weighted by Gasteiger charge is 2.47. The molecule has 0 saturated carbocycles. The Hall–Kier alpha value is -11.9.